The number of likely N-dealkylation sites (N-methyl/N-ethyl adjacent to an activating group) is 1. The summed E-state index contributed by atoms with van der Waals surface area (Å²) in [6.45, 7) is 3.41. The van der Waals surface area contributed by atoms with Crippen LogP contribution >= 0.6 is 0 Å². The van der Waals surface area contributed by atoms with Crippen LogP contribution in [0.3, 0.4) is 0 Å². The Morgan fingerprint density at radius 3 is 2.45 bits per heavy atom. The second-order valence-electron chi connectivity index (χ2n) is 5.72. The van der Waals surface area contributed by atoms with Gasteiger partial charge in [-0.1, -0.05) is 0 Å². The maximum absolute atomic E-state index is 11.6. The molecule has 1 rings (SSSR count). The predicted molar refractivity (Wildman–Crippen MR) is 79.2 cm³/mol. The van der Waals surface area contributed by atoms with E-state index < -0.39 is 0 Å². The highest BCUT2D eigenvalue weighted by Gasteiger charge is 2.20. The third-order valence-electron chi connectivity index (χ3n) is 3.73. The van der Waals surface area contributed by atoms with Crippen LogP contribution in [0.25, 0.3) is 0 Å². The zero-order valence-electron chi connectivity index (χ0n) is 12.7. The Balaban J connectivity index is 2.07. The van der Waals surface area contributed by atoms with Crippen molar-refractivity contribution in [3.8, 4) is 0 Å². The van der Waals surface area contributed by atoms with E-state index in [1.807, 2.05) is 0 Å². The van der Waals surface area contributed by atoms with Crippen molar-refractivity contribution in [3.05, 3.63) is 0 Å². The first-order valence-electron chi connectivity index (χ1n) is 7.43. The molecule has 3 N–H and O–H groups in total. The van der Waals surface area contributed by atoms with Gasteiger partial charge in [0, 0.05) is 39.6 Å². The SMILES string of the molecule is CN(C)C(=O)CN1CCC(NCCCCC(N)=O)CC1. The van der Waals surface area contributed by atoms with Crippen LogP contribution in [-0.2, 0) is 9.59 Å². The normalized spacial score (nSPS) is 17.1. The molecular formula is C14H28N4O2. The number of nitrogens with two attached hydrogens (primary N) is 1. The Bertz CT molecular complexity index is 312. The molecule has 0 bridgehead atoms. The van der Waals surface area contributed by atoms with Crippen LogP contribution in [-0.4, -0.2) is 67.9 Å². The first-order chi connectivity index (χ1) is 9.49. The first kappa shape index (κ1) is 16.9. The van der Waals surface area contributed by atoms with Crippen molar-refractivity contribution in [2.45, 2.75) is 38.1 Å². The van der Waals surface area contributed by atoms with E-state index in [2.05, 4.69) is 10.2 Å². The summed E-state index contributed by atoms with van der Waals surface area (Å²) < 4.78 is 0. The third-order valence-corrected chi connectivity index (χ3v) is 3.73. The number of amides is 2. The lowest BCUT2D eigenvalue weighted by molar-refractivity contribution is -0.130. The summed E-state index contributed by atoms with van der Waals surface area (Å²) in [6, 6.07) is 0.536. The van der Waals surface area contributed by atoms with Gasteiger partial charge >= 0.3 is 0 Å². The fourth-order valence-corrected chi connectivity index (χ4v) is 2.36. The van der Waals surface area contributed by atoms with E-state index in [4.69, 9.17) is 5.73 Å². The maximum atomic E-state index is 11.6. The molecule has 116 valence electrons. The van der Waals surface area contributed by atoms with Gasteiger partial charge in [-0.25, -0.2) is 0 Å². The minimum absolute atomic E-state index is 0.169. The lowest BCUT2D eigenvalue weighted by Crippen LogP contribution is -2.46. The van der Waals surface area contributed by atoms with Crippen LogP contribution < -0.4 is 11.1 Å². The van der Waals surface area contributed by atoms with Gasteiger partial charge in [-0.05, 0) is 32.2 Å². The molecule has 6 nitrogen and oxygen atoms in total. The molecule has 1 fully saturated rings. The molecule has 1 aliphatic heterocycles. The van der Waals surface area contributed by atoms with Gasteiger partial charge in [0.15, 0.2) is 0 Å². The van der Waals surface area contributed by atoms with E-state index in [0.717, 1.165) is 45.3 Å². The van der Waals surface area contributed by atoms with Crippen LogP contribution in [0.5, 0.6) is 0 Å². The van der Waals surface area contributed by atoms with Crippen LogP contribution in [0.2, 0.25) is 0 Å². The average molecular weight is 284 g/mol. The van der Waals surface area contributed by atoms with E-state index in [9.17, 15) is 9.59 Å². The van der Waals surface area contributed by atoms with Crippen LogP contribution in [0.15, 0.2) is 0 Å². The lowest BCUT2D eigenvalue weighted by Gasteiger charge is -2.32. The number of nitrogens with zero attached hydrogens (tertiary/aromatic N) is 2. The van der Waals surface area contributed by atoms with Crippen LogP contribution in [0.1, 0.15) is 32.1 Å². The Labute approximate surface area is 121 Å². The van der Waals surface area contributed by atoms with Crippen molar-refractivity contribution in [2.24, 2.45) is 5.73 Å². The second-order valence-corrected chi connectivity index (χ2v) is 5.72. The Morgan fingerprint density at radius 1 is 1.25 bits per heavy atom. The van der Waals surface area contributed by atoms with Crippen molar-refractivity contribution in [1.82, 2.24) is 15.1 Å². The Kier molecular flexibility index (Phi) is 7.54. The molecule has 0 aromatic rings. The second kappa shape index (κ2) is 8.92. The monoisotopic (exact) mass is 284 g/mol. The molecule has 1 aliphatic rings. The van der Waals surface area contributed by atoms with Gasteiger partial charge in [-0.2, -0.15) is 0 Å². The smallest absolute Gasteiger partial charge is 0.236 e. The van der Waals surface area contributed by atoms with Gasteiger partial charge in [-0.3, -0.25) is 14.5 Å². The Hall–Kier alpha value is -1.14. The number of rotatable bonds is 8. The number of primary amides is 1. The van der Waals surface area contributed by atoms with Crippen molar-refractivity contribution < 1.29 is 9.59 Å². The Morgan fingerprint density at radius 2 is 1.90 bits per heavy atom. The zero-order valence-corrected chi connectivity index (χ0v) is 12.7. The van der Waals surface area contributed by atoms with E-state index in [-0.39, 0.29) is 11.8 Å². The molecule has 0 aliphatic carbocycles. The fourth-order valence-electron chi connectivity index (χ4n) is 2.36. The van der Waals surface area contributed by atoms with Gasteiger partial charge < -0.3 is 16.0 Å². The zero-order chi connectivity index (χ0) is 15.0. The molecule has 1 heterocycles. The topological polar surface area (TPSA) is 78.7 Å². The molecule has 1 saturated heterocycles. The van der Waals surface area contributed by atoms with Crippen molar-refractivity contribution in [2.75, 3.05) is 40.3 Å². The number of carbonyl (C=O) groups excluding carboxylic acids is 2. The molecule has 2 amide bonds. The van der Waals surface area contributed by atoms with Gasteiger partial charge in [-0.15, -0.1) is 0 Å². The molecule has 0 unspecified atom stereocenters. The molecule has 20 heavy (non-hydrogen) atoms. The summed E-state index contributed by atoms with van der Waals surface area (Å²) in [7, 11) is 3.59. The quantitative estimate of drug-likeness (QED) is 0.604. The van der Waals surface area contributed by atoms with Gasteiger partial charge in [0.25, 0.3) is 0 Å². The summed E-state index contributed by atoms with van der Waals surface area (Å²) >= 11 is 0. The first-order valence-corrected chi connectivity index (χ1v) is 7.43. The molecule has 0 aromatic heterocycles. The highest BCUT2D eigenvalue weighted by molar-refractivity contribution is 5.77. The number of likely N-dealkylation sites (tertiary alicyclic amines) is 1. The number of unbranched alkanes of at least 4 members (excludes halogenated alkanes) is 1. The molecule has 0 spiro atoms. The number of piperidine rings is 1. The molecular weight excluding hydrogens is 256 g/mol. The lowest BCUT2D eigenvalue weighted by atomic mass is 10.0. The molecule has 0 saturated carbocycles. The standard InChI is InChI=1S/C14H28N4O2/c1-17(2)14(20)11-18-9-6-12(7-10-18)16-8-4-3-5-13(15)19/h12,16H,3-11H2,1-2H3,(H2,15,19). The average Bonchev–Trinajstić information content (AvgIpc) is 2.39. The van der Waals surface area contributed by atoms with Crippen LogP contribution in [0.4, 0.5) is 0 Å². The highest BCUT2D eigenvalue weighted by Crippen LogP contribution is 2.10. The van der Waals surface area contributed by atoms with Crippen molar-refractivity contribution in [3.63, 3.8) is 0 Å². The summed E-state index contributed by atoms with van der Waals surface area (Å²) in [4.78, 5) is 26.1. The van der Waals surface area contributed by atoms with Gasteiger partial charge in [0.2, 0.25) is 11.8 Å². The largest absolute Gasteiger partial charge is 0.370 e. The molecule has 0 radical (unpaired) electrons. The van der Waals surface area contributed by atoms with E-state index >= 15 is 0 Å². The maximum Gasteiger partial charge on any atom is 0.236 e. The number of hydrogen-bond acceptors (Lipinski definition) is 4. The molecule has 6 heteroatoms. The molecule has 0 aromatic carbocycles. The minimum atomic E-state index is -0.219. The summed E-state index contributed by atoms with van der Waals surface area (Å²) in [5.74, 6) is -0.0493. The van der Waals surface area contributed by atoms with Crippen molar-refractivity contribution >= 4 is 11.8 Å². The number of carbonyl (C=O) groups is 2. The van der Waals surface area contributed by atoms with E-state index in [1.54, 1.807) is 19.0 Å². The summed E-state index contributed by atoms with van der Waals surface area (Å²) in [6.07, 6.45) is 4.49. The van der Waals surface area contributed by atoms with E-state index in [1.165, 1.54) is 0 Å². The third kappa shape index (κ3) is 6.86. The summed E-state index contributed by atoms with van der Waals surface area (Å²) in [5.41, 5.74) is 5.10. The van der Waals surface area contributed by atoms with E-state index in [0.29, 0.717) is 19.0 Å². The van der Waals surface area contributed by atoms with Crippen molar-refractivity contribution in [1.29, 1.82) is 0 Å². The predicted octanol–water partition coefficient (Wildman–Crippen LogP) is -0.216. The fraction of sp³-hybridized carbons (Fsp3) is 0.857. The van der Waals surface area contributed by atoms with Gasteiger partial charge in [0.1, 0.15) is 0 Å². The minimum Gasteiger partial charge on any atom is -0.370 e. The van der Waals surface area contributed by atoms with Gasteiger partial charge in [0.05, 0.1) is 6.54 Å². The number of hydrogen-bond donors (Lipinski definition) is 2. The van der Waals surface area contributed by atoms with Crippen LogP contribution in [0, 0.1) is 0 Å². The number of nitrogens with one attached hydrogen (secondary N) is 1. The molecule has 0 atom stereocenters. The summed E-state index contributed by atoms with van der Waals surface area (Å²) in [5, 5.41) is 3.52. The highest BCUT2D eigenvalue weighted by atomic mass is 16.2.